The van der Waals surface area contributed by atoms with Crippen molar-refractivity contribution in [2.24, 2.45) is 0 Å². The number of carbonyl (C=O) groups is 1. The lowest BCUT2D eigenvalue weighted by Crippen LogP contribution is -2.14. The monoisotopic (exact) mass is 235 g/mol. The number of nitrogens with two attached hydrogens (primary N) is 1. The Bertz CT molecular complexity index is 566. The molecule has 1 aromatic carbocycles. The van der Waals surface area contributed by atoms with E-state index in [1.165, 1.54) is 18.2 Å². The van der Waals surface area contributed by atoms with Crippen molar-refractivity contribution in [2.45, 2.75) is 6.92 Å². The third kappa shape index (κ3) is 2.39. The second-order valence-electron chi connectivity index (χ2n) is 3.46. The zero-order valence-electron chi connectivity index (χ0n) is 8.99. The average molecular weight is 235 g/mol. The number of nitrogens with zero attached hydrogens (tertiary/aromatic N) is 2. The number of benzene rings is 1. The zero-order valence-corrected chi connectivity index (χ0v) is 8.99. The van der Waals surface area contributed by atoms with Crippen LogP contribution in [0.3, 0.4) is 0 Å². The molecule has 0 unspecified atom stereocenters. The lowest BCUT2D eigenvalue weighted by molar-refractivity contribution is 0.101. The van der Waals surface area contributed by atoms with E-state index in [1.54, 1.807) is 6.92 Å². The van der Waals surface area contributed by atoms with Gasteiger partial charge in [0.15, 0.2) is 0 Å². The number of anilines is 2. The van der Waals surface area contributed by atoms with E-state index in [0.717, 1.165) is 0 Å². The van der Waals surface area contributed by atoms with Gasteiger partial charge in [0.2, 0.25) is 11.8 Å². The smallest absolute Gasteiger partial charge is 0.293 e. The number of hydrogen-bond donors (Lipinski definition) is 3. The number of rotatable bonds is 2. The standard InChI is InChI=1S/C10H10FN5O/c1-5-4-6(11)2-3-7(5)13-9(17)8-14-10(12)16-15-8/h2-4H,1H3,(H,13,17)(H3,12,14,15,16). The van der Waals surface area contributed by atoms with Crippen LogP contribution in [0.15, 0.2) is 18.2 Å². The first kappa shape index (κ1) is 11.1. The molecule has 2 rings (SSSR count). The maximum absolute atomic E-state index is 12.9. The van der Waals surface area contributed by atoms with Gasteiger partial charge in [0.25, 0.3) is 5.91 Å². The summed E-state index contributed by atoms with van der Waals surface area (Å²) in [6.45, 7) is 1.69. The van der Waals surface area contributed by atoms with Crippen LogP contribution in [0, 0.1) is 12.7 Å². The predicted octanol–water partition coefficient (Wildman–Crippen LogP) is 1.09. The van der Waals surface area contributed by atoms with Crippen molar-refractivity contribution >= 4 is 17.5 Å². The first-order valence-electron chi connectivity index (χ1n) is 4.81. The van der Waals surface area contributed by atoms with Crippen LogP contribution in [0.4, 0.5) is 16.0 Å². The first-order valence-corrected chi connectivity index (χ1v) is 4.81. The normalized spacial score (nSPS) is 10.2. The number of H-pyrrole nitrogens is 1. The topological polar surface area (TPSA) is 96.7 Å². The van der Waals surface area contributed by atoms with Crippen LogP contribution in [-0.4, -0.2) is 21.1 Å². The summed E-state index contributed by atoms with van der Waals surface area (Å²) in [6.07, 6.45) is 0. The highest BCUT2D eigenvalue weighted by Gasteiger charge is 2.12. The number of hydrogen-bond acceptors (Lipinski definition) is 4. The van der Waals surface area contributed by atoms with Gasteiger partial charge in [0, 0.05) is 5.69 Å². The summed E-state index contributed by atoms with van der Waals surface area (Å²) in [6, 6.07) is 4.06. The highest BCUT2D eigenvalue weighted by molar-refractivity contribution is 6.02. The molecule has 1 amide bonds. The Morgan fingerprint density at radius 2 is 2.29 bits per heavy atom. The fourth-order valence-electron chi connectivity index (χ4n) is 1.33. The molecule has 6 nitrogen and oxygen atoms in total. The second kappa shape index (κ2) is 4.20. The van der Waals surface area contributed by atoms with Crippen LogP contribution in [-0.2, 0) is 0 Å². The Labute approximate surface area is 96.1 Å². The molecule has 2 aromatic rings. The molecule has 0 aliphatic rings. The van der Waals surface area contributed by atoms with Gasteiger partial charge in [-0.15, -0.1) is 5.10 Å². The molecule has 0 bridgehead atoms. The summed E-state index contributed by atoms with van der Waals surface area (Å²) in [5.41, 5.74) is 6.40. The van der Waals surface area contributed by atoms with E-state index in [1.807, 2.05) is 0 Å². The van der Waals surface area contributed by atoms with Crippen molar-refractivity contribution in [3.8, 4) is 0 Å². The van der Waals surface area contributed by atoms with Gasteiger partial charge in [0.05, 0.1) is 0 Å². The molecular formula is C10H10FN5O. The van der Waals surface area contributed by atoms with Gasteiger partial charge < -0.3 is 11.1 Å². The van der Waals surface area contributed by atoms with Crippen LogP contribution >= 0.6 is 0 Å². The van der Waals surface area contributed by atoms with Gasteiger partial charge in [-0.2, -0.15) is 4.98 Å². The summed E-state index contributed by atoms with van der Waals surface area (Å²) in [5.74, 6) is -0.842. The molecule has 0 fully saturated rings. The molecule has 0 radical (unpaired) electrons. The number of aromatic amines is 1. The van der Waals surface area contributed by atoms with Gasteiger partial charge in [-0.3, -0.25) is 9.89 Å². The third-order valence-electron chi connectivity index (χ3n) is 2.15. The fourth-order valence-corrected chi connectivity index (χ4v) is 1.33. The Kier molecular flexibility index (Phi) is 2.73. The van der Waals surface area contributed by atoms with E-state index in [0.29, 0.717) is 11.3 Å². The van der Waals surface area contributed by atoms with Crippen molar-refractivity contribution in [2.75, 3.05) is 11.1 Å². The molecule has 0 saturated heterocycles. The number of carbonyl (C=O) groups excluding carboxylic acids is 1. The van der Waals surface area contributed by atoms with Crippen molar-refractivity contribution in [1.29, 1.82) is 0 Å². The van der Waals surface area contributed by atoms with Crippen LogP contribution in [0.5, 0.6) is 0 Å². The number of aryl methyl sites for hydroxylation is 1. The Hall–Kier alpha value is -2.44. The largest absolute Gasteiger partial charge is 0.366 e. The minimum Gasteiger partial charge on any atom is -0.366 e. The van der Waals surface area contributed by atoms with Crippen LogP contribution < -0.4 is 11.1 Å². The fraction of sp³-hybridized carbons (Fsp3) is 0.100. The minimum absolute atomic E-state index is 0.00576. The van der Waals surface area contributed by atoms with E-state index in [2.05, 4.69) is 20.5 Å². The number of amides is 1. The number of nitrogens with one attached hydrogen (secondary N) is 2. The summed E-state index contributed by atoms with van der Waals surface area (Å²) in [7, 11) is 0. The summed E-state index contributed by atoms with van der Waals surface area (Å²) >= 11 is 0. The minimum atomic E-state index is -0.482. The van der Waals surface area contributed by atoms with E-state index in [4.69, 9.17) is 5.73 Å². The predicted molar refractivity (Wildman–Crippen MR) is 59.9 cm³/mol. The van der Waals surface area contributed by atoms with Gasteiger partial charge in [-0.25, -0.2) is 4.39 Å². The molecule has 7 heteroatoms. The van der Waals surface area contributed by atoms with E-state index in [-0.39, 0.29) is 17.6 Å². The molecule has 88 valence electrons. The quantitative estimate of drug-likeness (QED) is 0.725. The molecule has 0 spiro atoms. The Balaban J connectivity index is 2.18. The van der Waals surface area contributed by atoms with E-state index in [9.17, 15) is 9.18 Å². The average Bonchev–Trinajstić information content (AvgIpc) is 2.69. The van der Waals surface area contributed by atoms with Gasteiger partial charge in [0.1, 0.15) is 5.82 Å². The molecule has 17 heavy (non-hydrogen) atoms. The van der Waals surface area contributed by atoms with Crippen molar-refractivity contribution in [3.05, 3.63) is 35.4 Å². The van der Waals surface area contributed by atoms with Gasteiger partial charge >= 0.3 is 0 Å². The Morgan fingerprint density at radius 1 is 1.53 bits per heavy atom. The SMILES string of the molecule is Cc1cc(F)ccc1NC(=O)c1nc(N)n[nH]1. The number of aromatic nitrogens is 3. The van der Waals surface area contributed by atoms with Crippen molar-refractivity contribution in [3.63, 3.8) is 0 Å². The third-order valence-corrected chi connectivity index (χ3v) is 2.15. The second-order valence-corrected chi connectivity index (χ2v) is 3.46. The van der Waals surface area contributed by atoms with Crippen LogP contribution in [0.2, 0.25) is 0 Å². The van der Waals surface area contributed by atoms with Gasteiger partial charge in [-0.05, 0) is 30.7 Å². The number of halogens is 1. The van der Waals surface area contributed by atoms with Crippen molar-refractivity contribution < 1.29 is 9.18 Å². The van der Waals surface area contributed by atoms with E-state index < -0.39 is 5.91 Å². The summed E-state index contributed by atoms with van der Waals surface area (Å²) in [4.78, 5) is 15.3. The maximum Gasteiger partial charge on any atom is 0.293 e. The molecule has 4 N–H and O–H groups in total. The lowest BCUT2D eigenvalue weighted by Gasteiger charge is -2.06. The highest BCUT2D eigenvalue weighted by Crippen LogP contribution is 2.16. The Morgan fingerprint density at radius 3 is 2.88 bits per heavy atom. The molecule has 1 heterocycles. The maximum atomic E-state index is 12.9. The van der Waals surface area contributed by atoms with Crippen LogP contribution in [0.1, 0.15) is 16.2 Å². The summed E-state index contributed by atoms with van der Waals surface area (Å²) in [5, 5.41) is 8.49. The molecule has 0 atom stereocenters. The lowest BCUT2D eigenvalue weighted by atomic mass is 10.2. The molecule has 0 aliphatic carbocycles. The molecule has 0 aliphatic heterocycles. The molecule has 1 aromatic heterocycles. The molecular weight excluding hydrogens is 225 g/mol. The first-order chi connectivity index (χ1) is 8.06. The zero-order chi connectivity index (χ0) is 12.4. The van der Waals surface area contributed by atoms with Crippen LogP contribution in [0.25, 0.3) is 0 Å². The van der Waals surface area contributed by atoms with Crippen molar-refractivity contribution in [1.82, 2.24) is 15.2 Å². The highest BCUT2D eigenvalue weighted by atomic mass is 19.1. The number of nitrogen functional groups attached to an aromatic ring is 1. The molecule has 0 saturated carbocycles. The van der Waals surface area contributed by atoms with Gasteiger partial charge in [-0.1, -0.05) is 0 Å². The summed E-state index contributed by atoms with van der Waals surface area (Å²) < 4.78 is 12.9. The van der Waals surface area contributed by atoms with E-state index >= 15 is 0 Å².